The normalized spacial score (nSPS) is 20.0. The van der Waals surface area contributed by atoms with Crippen molar-refractivity contribution in [2.45, 2.75) is 19.3 Å². The van der Waals surface area contributed by atoms with Crippen LogP contribution in [0.3, 0.4) is 0 Å². The minimum absolute atomic E-state index is 0.0695. The Morgan fingerprint density at radius 3 is 2.72 bits per heavy atom. The lowest BCUT2D eigenvalue weighted by molar-refractivity contribution is 0.0669. The number of carbonyl (C=O) groups excluding carboxylic acids is 2. The lowest BCUT2D eigenvalue weighted by Crippen LogP contribution is -2.40. The number of amides is 2. The van der Waals surface area contributed by atoms with E-state index in [-0.39, 0.29) is 11.8 Å². The predicted molar refractivity (Wildman–Crippen MR) is 111 cm³/mol. The Labute approximate surface area is 169 Å². The number of likely N-dealkylation sites (tertiary alicyclic amines) is 1. The smallest absolute Gasteiger partial charge is 0.267 e. The van der Waals surface area contributed by atoms with Crippen LogP contribution in [0, 0.1) is 11.3 Å². The Hall–Kier alpha value is -3.15. The molecule has 1 saturated carbocycles. The Kier molecular flexibility index (Phi) is 4.34. The van der Waals surface area contributed by atoms with Gasteiger partial charge in [-0.25, -0.2) is 0 Å². The number of pyridine rings is 1. The molecule has 1 saturated heterocycles. The van der Waals surface area contributed by atoms with E-state index in [4.69, 9.17) is 0 Å². The number of H-pyrrole nitrogens is 1. The second-order valence-corrected chi connectivity index (χ2v) is 8.28. The van der Waals surface area contributed by atoms with Crippen molar-refractivity contribution in [3.8, 4) is 0 Å². The number of benzene rings is 1. The van der Waals surface area contributed by atoms with E-state index in [0.29, 0.717) is 23.6 Å². The van der Waals surface area contributed by atoms with Gasteiger partial charge in [0.1, 0.15) is 5.69 Å². The first-order valence-electron chi connectivity index (χ1n) is 10.2. The van der Waals surface area contributed by atoms with Gasteiger partial charge in [0.2, 0.25) is 0 Å². The summed E-state index contributed by atoms with van der Waals surface area (Å²) in [4.78, 5) is 34.3. The van der Waals surface area contributed by atoms with Crippen molar-refractivity contribution in [1.29, 1.82) is 0 Å². The van der Waals surface area contributed by atoms with E-state index in [1.54, 1.807) is 12.4 Å². The van der Waals surface area contributed by atoms with Gasteiger partial charge in [-0.2, -0.15) is 0 Å². The van der Waals surface area contributed by atoms with Gasteiger partial charge in [0, 0.05) is 48.5 Å². The predicted octanol–water partition coefficient (Wildman–Crippen LogP) is 3.24. The Morgan fingerprint density at radius 2 is 1.97 bits per heavy atom. The van der Waals surface area contributed by atoms with Gasteiger partial charge in [0.05, 0.1) is 0 Å². The molecule has 3 aromatic rings. The second-order valence-electron chi connectivity index (χ2n) is 8.28. The summed E-state index contributed by atoms with van der Waals surface area (Å²) < 4.78 is 0. The average Bonchev–Trinajstić information content (AvgIpc) is 3.24. The molecule has 148 valence electrons. The van der Waals surface area contributed by atoms with E-state index in [0.717, 1.165) is 48.8 Å². The van der Waals surface area contributed by atoms with Crippen molar-refractivity contribution in [2.75, 3.05) is 19.6 Å². The molecule has 5 rings (SSSR count). The molecule has 29 heavy (non-hydrogen) atoms. The van der Waals surface area contributed by atoms with Crippen LogP contribution in [0.25, 0.3) is 10.9 Å². The highest BCUT2D eigenvalue weighted by molar-refractivity contribution is 5.97. The number of hydrogen-bond acceptors (Lipinski definition) is 3. The zero-order valence-electron chi connectivity index (χ0n) is 16.2. The minimum Gasteiger partial charge on any atom is -0.350 e. The molecule has 2 fully saturated rings. The number of piperidine rings is 1. The van der Waals surface area contributed by atoms with Crippen LogP contribution in [0.5, 0.6) is 0 Å². The van der Waals surface area contributed by atoms with Gasteiger partial charge in [-0.05, 0) is 54.9 Å². The first kappa shape index (κ1) is 17.9. The second kappa shape index (κ2) is 7.03. The Bertz CT molecular complexity index is 1020. The molecule has 2 aliphatic rings. The molecular formula is C23H24N4O2. The topological polar surface area (TPSA) is 78.1 Å². The SMILES string of the molecule is O=C(NCC1CC12CCN(C(=O)c1ccccc1)CC2)c1cc2cnccc2[nH]1. The maximum atomic E-state index is 12.6. The molecule has 2 aromatic heterocycles. The highest BCUT2D eigenvalue weighted by atomic mass is 16.2. The van der Waals surface area contributed by atoms with E-state index >= 15 is 0 Å². The summed E-state index contributed by atoms with van der Waals surface area (Å²) in [5.74, 6) is 0.561. The van der Waals surface area contributed by atoms with Crippen LogP contribution < -0.4 is 5.32 Å². The van der Waals surface area contributed by atoms with Crippen molar-refractivity contribution in [3.63, 3.8) is 0 Å². The van der Waals surface area contributed by atoms with Gasteiger partial charge in [-0.1, -0.05) is 18.2 Å². The zero-order chi connectivity index (χ0) is 19.8. The molecule has 1 unspecified atom stereocenters. The quantitative estimate of drug-likeness (QED) is 0.720. The number of fused-ring (bicyclic) bond motifs is 1. The fraction of sp³-hybridized carbons (Fsp3) is 0.348. The summed E-state index contributed by atoms with van der Waals surface area (Å²) in [6.07, 6.45) is 6.64. The number of nitrogens with one attached hydrogen (secondary N) is 2. The third-order valence-corrected chi connectivity index (χ3v) is 6.60. The number of rotatable bonds is 4. The first-order valence-corrected chi connectivity index (χ1v) is 10.2. The molecule has 3 heterocycles. The third kappa shape index (κ3) is 3.39. The lowest BCUT2D eigenvalue weighted by atomic mass is 9.90. The van der Waals surface area contributed by atoms with Gasteiger partial charge in [-0.15, -0.1) is 0 Å². The van der Waals surface area contributed by atoms with Crippen LogP contribution in [0.2, 0.25) is 0 Å². The summed E-state index contributed by atoms with van der Waals surface area (Å²) in [6, 6.07) is 13.2. The zero-order valence-corrected chi connectivity index (χ0v) is 16.2. The molecule has 1 atom stereocenters. The highest BCUT2D eigenvalue weighted by Crippen LogP contribution is 2.59. The largest absolute Gasteiger partial charge is 0.350 e. The van der Waals surface area contributed by atoms with Crippen LogP contribution in [-0.4, -0.2) is 46.3 Å². The Morgan fingerprint density at radius 1 is 1.17 bits per heavy atom. The molecule has 6 heteroatoms. The minimum atomic E-state index is -0.0695. The van der Waals surface area contributed by atoms with E-state index in [9.17, 15) is 9.59 Å². The van der Waals surface area contributed by atoms with Gasteiger partial charge in [0.15, 0.2) is 0 Å². The van der Waals surface area contributed by atoms with E-state index in [1.165, 1.54) is 0 Å². The van der Waals surface area contributed by atoms with E-state index in [1.807, 2.05) is 47.4 Å². The number of aromatic nitrogens is 2. The summed E-state index contributed by atoms with van der Waals surface area (Å²) in [6.45, 7) is 2.29. The summed E-state index contributed by atoms with van der Waals surface area (Å²) in [5.41, 5.74) is 2.55. The highest BCUT2D eigenvalue weighted by Gasteiger charge is 2.54. The van der Waals surface area contributed by atoms with Gasteiger partial charge < -0.3 is 15.2 Å². The van der Waals surface area contributed by atoms with Crippen LogP contribution in [-0.2, 0) is 0 Å². The van der Waals surface area contributed by atoms with Crippen LogP contribution in [0.1, 0.15) is 40.1 Å². The van der Waals surface area contributed by atoms with Crippen molar-refractivity contribution < 1.29 is 9.59 Å². The monoisotopic (exact) mass is 388 g/mol. The van der Waals surface area contributed by atoms with Crippen molar-refractivity contribution >= 4 is 22.7 Å². The van der Waals surface area contributed by atoms with E-state index < -0.39 is 0 Å². The first-order chi connectivity index (χ1) is 14.1. The standard InChI is InChI=1S/C23H24N4O2/c28-21(20-12-17-14-24-9-6-19(17)26-20)25-15-18-13-23(18)7-10-27(11-8-23)22(29)16-4-2-1-3-5-16/h1-6,9,12,14,18,26H,7-8,10-11,13,15H2,(H,25,28). The Balaban J connectivity index is 1.14. The summed E-state index contributed by atoms with van der Waals surface area (Å²) in [7, 11) is 0. The average molecular weight is 388 g/mol. The maximum Gasteiger partial charge on any atom is 0.267 e. The maximum absolute atomic E-state index is 12.6. The molecule has 0 bridgehead atoms. The van der Waals surface area contributed by atoms with Crippen molar-refractivity contribution in [3.05, 3.63) is 66.1 Å². The molecule has 2 amide bonds. The third-order valence-electron chi connectivity index (χ3n) is 6.60. The van der Waals surface area contributed by atoms with E-state index in [2.05, 4.69) is 15.3 Å². The van der Waals surface area contributed by atoms with Gasteiger partial charge in [0.25, 0.3) is 11.8 Å². The fourth-order valence-electron chi connectivity index (χ4n) is 4.66. The van der Waals surface area contributed by atoms with Gasteiger partial charge in [-0.3, -0.25) is 14.6 Å². The molecule has 2 N–H and O–H groups in total. The van der Waals surface area contributed by atoms with Gasteiger partial charge >= 0.3 is 0 Å². The molecule has 1 aliphatic carbocycles. The van der Waals surface area contributed by atoms with Crippen LogP contribution >= 0.6 is 0 Å². The van der Waals surface area contributed by atoms with Crippen LogP contribution in [0.15, 0.2) is 54.9 Å². The van der Waals surface area contributed by atoms with Crippen LogP contribution in [0.4, 0.5) is 0 Å². The molecule has 1 aromatic carbocycles. The summed E-state index contributed by atoms with van der Waals surface area (Å²) in [5, 5.41) is 4.02. The number of aromatic amines is 1. The number of carbonyl (C=O) groups is 2. The van der Waals surface area contributed by atoms with Crippen molar-refractivity contribution in [1.82, 2.24) is 20.2 Å². The van der Waals surface area contributed by atoms with Crippen molar-refractivity contribution in [2.24, 2.45) is 11.3 Å². The molecule has 0 radical (unpaired) electrons. The number of nitrogens with zero attached hydrogens (tertiary/aromatic N) is 2. The lowest BCUT2D eigenvalue weighted by Gasteiger charge is -2.33. The molecule has 1 aliphatic heterocycles. The molecule has 1 spiro atoms. The number of hydrogen-bond donors (Lipinski definition) is 2. The molecule has 6 nitrogen and oxygen atoms in total. The summed E-state index contributed by atoms with van der Waals surface area (Å²) >= 11 is 0. The molecular weight excluding hydrogens is 364 g/mol. The fourth-order valence-corrected chi connectivity index (χ4v) is 4.66.